The molecule has 3 aliphatic heterocycles. The van der Waals surface area contributed by atoms with Crippen molar-refractivity contribution in [1.82, 2.24) is 0 Å². The van der Waals surface area contributed by atoms with Gasteiger partial charge >= 0.3 is 0 Å². The van der Waals surface area contributed by atoms with Crippen molar-refractivity contribution in [1.29, 1.82) is 0 Å². The standard InChI is InChI=1S/C46H78O18/c1-21(22-10-11-43(7)35-23(49)14-26-40(2,3)28(51)15-29(52)46(26)18-44(35,46)13-12-42(22,43)6)8-9-27(50)41(4,5)64-38-33(56)31(54)34(24(16-47)61-38)63-37-32(55)30(53)25(17-59-37)62-39-36(57)45(58,19-48)20-60-39/h21-39,47-58H,8-20H2,1-7H3/t21-,22-,23+,24-,25-,26+,27-,28-,29+,30+,31-,32+,33-,34+,35+,36-,37+,38-,39-,42+,43+,44-,45+,46+/m0/s1. The van der Waals surface area contributed by atoms with Crippen LogP contribution in [0.4, 0.5) is 0 Å². The van der Waals surface area contributed by atoms with E-state index >= 15 is 0 Å². The van der Waals surface area contributed by atoms with Gasteiger partial charge < -0.3 is 89.7 Å². The Hall–Kier alpha value is -0.720. The highest BCUT2D eigenvalue weighted by atomic mass is 16.8. The van der Waals surface area contributed by atoms with Gasteiger partial charge in [0.05, 0.1) is 56.4 Å². The maximum atomic E-state index is 12.1. The number of ether oxygens (including phenoxy) is 6. The van der Waals surface area contributed by atoms with Crippen LogP contribution in [0.2, 0.25) is 0 Å². The van der Waals surface area contributed by atoms with Crippen LogP contribution in [0, 0.1) is 50.7 Å². The van der Waals surface area contributed by atoms with Crippen molar-refractivity contribution in [3.63, 3.8) is 0 Å². The van der Waals surface area contributed by atoms with E-state index in [0.717, 1.165) is 32.1 Å². The molecule has 0 aromatic carbocycles. The van der Waals surface area contributed by atoms with Crippen LogP contribution in [-0.4, -0.2) is 191 Å². The third-order valence-corrected chi connectivity index (χ3v) is 19.4. The quantitative estimate of drug-likeness (QED) is 0.106. The molecule has 0 unspecified atom stereocenters. The topological polar surface area (TPSA) is 298 Å². The Morgan fingerprint density at radius 3 is 2.11 bits per heavy atom. The molecule has 8 rings (SSSR count). The molecule has 12 N–H and O–H groups in total. The van der Waals surface area contributed by atoms with E-state index in [2.05, 4.69) is 34.6 Å². The average molecular weight is 919 g/mol. The third kappa shape index (κ3) is 7.33. The lowest BCUT2D eigenvalue weighted by Crippen LogP contribution is -2.64. The number of aliphatic hydroxyl groups excluding tert-OH is 11. The molecule has 24 atom stereocenters. The summed E-state index contributed by atoms with van der Waals surface area (Å²) in [6.07, 6.45) is -13.1. The minimum atomic E-state index is -1.98. The van der Waals surface area contributed by atoms with Crippen LogP contribution < -0.4 is 0 Å². The Labute approximate surface area is 375 Å². The zero-order chi connectivity index (χ0) is 46.9. The average Bonchev–Trinajstić information content (AvgIpc) is 3.73. The van der Waals surface area contributed by atoms with Crippen molar-refractivity contribution < 1.29 is 89.7 Å². The highest BCUT2D eigenvalue weighted by Crippen LogP contribution is 2.89. The summed E-state index contributed by atoms with van der Waals surface area (Å²) in [5.41, 5.74) is -4.29. The fourth-order valence-corrected chi connectivity index (χ4v) is 15.2. The predicted octanol–water partition coefficient (Wildman–Crippen LogP) is -0.971. The molecule has 0 bridgehead atoms. The molecule has 8 aliphatic rings. The van der Waals surface area contributed by atoms with Gasteiger partial charge in [-0.25, -0.2) is 0 Å². The number of aliphatic hydroxyl groups is 12. The van der Waals surface area contributed by atoms with Gasteiger partial charge in [-0.05, 0) is 111 Å². The van der Waals surface area contributed by atoms with E-state index < -0.39 is 130 Å². The van der Waals surface area contributed by atoms with E-state index in [4.69, 9.17) is 28.4 Å². The Morgan fingerprint density at radius 2 is 1.45 bits per heavy atom. The van der Waals surface area contributed by atoms with Gasteiger partial charge in [0, 0.05) is 11.8 Å². The first-order valence-electron chi connectivity index (χ1n) is 23.7. The van der Waals surface area contributed by atoms with E-state index in [1.165, 1.54) is 0 Å². The number of fused-ring (bicyclic) bond motifs is 2. The zero-order valence-electron chi connectivity index (χ0n) is 38.5. The lowest BCUT2D eigenvalue weighted by atomic mass is 9.40. The summed E-state index contributed by atoms with van der Waals surface area (Å²) in [5.74, 6) is 0.652. The summed E-state index contributed by atoms with van der Waals surface area (Å²) in [5, 5.41) is 131. The number of hydrogen-bond donors (Lipinski definition) is 12. The Bertz CT molecular complexity index is 1670. The van der Waals surface area contributed by atoms with Crippen molar-refractivity contribution in [3.05, 3.63) is 0 Å². The van der Waals surface area contributed by atoms with Crippen molar-refractivity contribution in [2.24, 2.45) is 50.7 Å². The Morgan fingerprint density at radius 1 is 0.766 bits per heavy atom. The van der Waals surface area contributed by atoms with Crippen molar-refractivity contribution >= 4 is 0 Å². The molecule has 0 radical (unpaired) electrons. The van der Waals surface area contributed by atoms with Gasteiger partial charge in [0.1, 0.15) is 54.4 Å². The van der Waals surface area contributed by atoms with Gasteiger partial charge in [-0.3, -0.25) is 0 Å². The van der Waals surface area contributed by atoms with Gasteiger partial charge in [0.25, 0.3) is 0 Å². The first kappa shape index (κ1) is 49.7. The number of hydrogen-bond acceptors (Lipinski definition) is 18. The highest BCUT2D eigenvalue weighted by Gasteiger charge is 2.86. The maximum absolute atomic E-state index is 12.1. The molecule has 2 spiro atoms. The van der Waals surface area contributed by atoms with Crippen LogP contribution in [0.15, 0.2) is 0 Å². The molecule has 18 nitrogen and oxygen atoms in total. The molecule has 18 heteroatoms. The molecule has 3 heterocycles. The number of rotatable bonds is 13. The van der Waals surface area contributed by atoms with E-state index in [9.17, 15) is 61.3 Å². The van der Waals surface area contributed by atoms with Gasteiger partial charge in [-0.1, -0.05) is 34.6 Å². The largest absolute Gasteiger partial charge is 0.394 e. The normalized spacial score (nSPS) is 54.3. The molecule has 0 aromatic rings. The van der Waals surface area contributed by atoms with Gasteiger partial charge in [-0.15, -0.1) is 0 Å². The molecule has 370 valence electrons. The van der Waals surface area contributed by atoms with Crippen LogP contribution in [0.3, 0.4) is 0 Å². The van der Waals surface area contributed by atoms with Crippen molar-refractivity contribution in [3.8, 4) is 0 Å². The smallest absolute Gasteiger partial charge is 0.187 e. The van der Waals surface area contributed by atoms with Crippen LogP contribution in [0.25, 0.3) is 0 Å². The molecule has 5 saturated carbocycles. The van der Waals surface area contributed by atoms with Gasteiger partial charge in [0.15, 0.2) is 18.9 Å². The first-order chi connectivity index (χ1) is 29.8. The van der Waals surface area contributed by atoms with Crippen LogP contribution in [0.5, 0.6) is 0 Å². The lowest BCUT2D eigenvalue weighted by molar-refractivity contribution is -0.366. The molecule has 0 amide bonds. The summed E-state index contributed by atoms with van der Waals surface area (Å²) in [6.45, 7) is 12.2. The van der Waals surface area contributed by atoms with Crippen LogP contribution in [0.1, 0.15) is 106 Å². The van der Waals surface area contributed by atoms with Crippen LogP contribution in [-0.2, 0) is 28.4 Å². The third-order valence-electron chi connectivity index (χ3n) is 19.4. The molecule has 0 aromatic heterocycles. The van der Waals surface area contributed by atoms with E-state index in [0.29, 0.717) is 31.6 Å². The van der Waals surface area contributed by atoms with E-state index in [1.807, 2.05) is 0 Å². The summed E-state index contributed by atoms with van der Waals surface area (Å²) < 4.78 is 34.2. The van der Waals surface area contributed by atoms with Gasteiger partial charge in [0.2, 0.25) is 0 Å². The predicted molar refractivity (Wildman–Crippen MR) is 222 cm³/mol. The fraction of sp³-hybridized carbons (Fsp3) is 1.00. The molecule has 64 heavy (non-hydrogen) atoms. The van der Waals surface area contributed by atoms with Crippen molar-refractivity contribution in [2.75, 3.05) is 26.4 Å². The molecule has 5 aliphatic carbocycles. The fourth-order valence-electron chi connectivity index (χ4n) is 15.2. The maximum Gasteiger partial charge on any atom is 0.187 e. The minimum absolute atomic E-state index is 0.0556. The summed E-state index contributed by atoms with van der Waals surface area (Å²) in [4.78, 5) is 0. The Balaban J connectivity index is 0.856. The zero-order valence-corrected chi connectivity index (χ0v) is 38.5. The van der Waals surface area contributed by atoms with E-state index in [1.54, 1.807) is 13.8 Å². The van der Waals surface area contributed by atoms with E-state index in [-0.39, 0.29) is 44.8 Å². The van der Waals surface area contributed by atoms with Crippen molar-refractivity contribution in [2.45, 2.75) is 210 Å². The second-order valence-corrected chi connectivity index (χ2v) is 23.1. The highest BCUT2D eigenvalue weighted by molar-refractivity contribution is 5.34. The second kappa shape index (κ2) is 17.0. The Kier molecular flexibility index (Phi) is 13.2. The monoisotopic (exact) mass is 919 g/mol. The lowest BCUT2D eigenvalue weighted by Gasteiger charge is -2.65. The second-order valence-electron chi connectivity index (χ2n) is 23.1. The molecular weight excluding hydrogens is 840 g/mol. The summed E-state index contributed by atoms with van der Waals surface area (Å²) >= 11 is 0. The SMILES string of the molecule is C[C@@H](CC[C@H](O)C(C)(C)O[C@@H]1O[C@@H](CO)[C@@H](O[C@H]2OC[C@H](O[C@@H]3OC[C@](O)(CO)[C@H]3O)[C@@H](O)[C@H]2O)[C@@H](O)[C@@H]1O)[C@@H]1CC[C@]2(C)[C@H]3[C@H](O)C[C@@H]4C(C)(C)[C@@H](O)C[C@@H](O)[C@@]45C[C@@]35CC[C@]12C. The first-order valence-corrected chi connectivity index (χ1v) is 23.7. The molecule has 3 saturated heterocycles. The summed E-state index contributed by atoms with van der Waals surface area (Å²) in [7, 11) is 0. The van der Waals surface area contributed by atoms with Crippen LogP contribution >= 0.6 is 0 Å². The van der Waals surface area contributed by atoms with Gasteiger partial charge in [-0.2, -0.15) is 0 Å². The molecule has 8 fully saturated rings. The minimum Gasteiger partial charge on any atom is -0.394 e. The summed E-state index contributed by atoms with van der Waals surface area (Å²) in [6, 6.07) is 0. The molecular formula is C46H78O18.